The Bertz CT molecular complexity index is 1170. The van der Waals surface area contributed by atoms with E-state index in [1.807, 2.05) is 46.7 Å². The predicted molar refractivity (Wildman–Crippen MR) is 120 cm³/mol. The molecule has 0 radical (unpaired) electrons. The molecule has 0 aliphatic carbocycles. The summed E-state index contributed by atoms with van der Waals surface area (Å²) in [6, 6.07) is 15.1. The third kappa shape index (κ3) is 3.42. The van der Waals surface area contributed by atoms with Gasteiger partial charge in [0.1, 0.15) is 6.10 Å². The van der Waals surface area contributed by atoms with Crippen molar-refractivity contribution in [1.29, 1.82) is 0 Å². The molecule has 2 aromatic carbocycles. The first-order valence-corrected chi connectivity index (χ1v) is 11.4. The number of rotatable bonds is 5. The summed E-state index contributed by atoms with van der Waals surface area (Å²) in [6.07, 6.45) is 0.277. The van der Waals surface area contributed by atoms with Gasteiger partial charge < -0.3 is 19.1 Å². The van der Waals surface area contributed by atoms with E-state index in [1.54, 1.807) is 37.7 Å². The summed E-state index contributed by atoms with van der Waals surface area (Å²) in [5.41, 5.74) is 3.50. The third-order valence-electron chi connectivity index (χ3n) is 6.14. The first-order valence-electron chi connectivity index (χ1n) is 10.5. The second kappa shape index (κ2) is 8.31. The highest BCUT2D eigenvalue weighted by Crippen LogP contribution is 2.43. The van der Waals surface area contributed by atoms with Crippen molar-refractivity contribution in [3.63, 3.8) is 0 Å². The summed E-state index contributed by atoms with van der Waals surface area (Å²) in [6.45, 7) is 0.576. The van der Waals surface area contributed by atoms with Gasteiger partial charge in [0.2, 0.25) is 5.91 Å². The molecule has 2 aliphatic rings. The fraction of sp³-hybridized carbons (Fsp3) is 0.280. The average Bonchev–Trinajstić information content (AvgIpc) is 3.46. The van der Waals surface area contributed by atoms with Crippen LogP contribution in [0.4, 0.5) is 0 Å². The molecular weight excluding hydrogens is 426 g/mol. The van der Waals surface area contributed by atoms with Crippen molar-refractivity contribution in [3.05, 3.63) is 81.0 Å². The van der Waals surface area contributed by atoms with Crippen molar-refractivity contribution < 1.29 is 23.8 Å². The molecule has 2 aliphatic heterocycles. The van der Waals surface area contributed by atoms with E-state index in [4.69, 9.17) is 14.2 Å². The Labute approximate surface area is 190 Å². The van der Waals surface area contributed by atoms with Crippen LogP contribution in [0.25, 0.3) is 0 Å². The third-order valence-corrected chi connectivity index (χ3v) is 7.07. The highest BCUT2D eigenvalue weighted by atomic mass is 32.1. The van der Waals surface area contributed by atoms with Crippen LogP contribution in [0.15, 0.2) is 53.9 Å². The maximum absolute atomic E-state index is 13.5. The number of amides is 1. The SMILES string of the molecule is COc1cc2c(cc1OC)[C@@H](c1cccs1)N(C(=O)C[C@@H]1OC(=O)c3ccccc31)CC2. The van der Waals surface area contributed by atoms with E-state index in [9.17, 15) is 9.59 Å². The van der Waals surface area contributed by atoms with Crippen molar-refractivity contribution in [2.45, 2.75) is 25.0 Å². The molecule has 1 amide bonds. The number of hydrogen-bond donors (Lipinski definition) is 0. The number of nitrogens with zero attached hydrogens (tertiary/aromatic N) is 1. The van der Waals surface area contributed by atoms with Gasteiger partial charge in [-0.25, -0.2) is 4.79 Å². The molecule has 3 aromatic rings. The van der Waals surface area contributed by atoms with E-state index < -0.39 is 6.10 Å². The van der Waals surface area contributed by atoms with Gasteiger partial charge in [-0.3, -0.25) is 4.79 Å². The van der Waals surface area contributed by atoms with E-state index in [0.717, 1.165) is 21.6 Å². The number of esters is 1. The zero-order chi connectivity index (χ0) is 22.2. The van der Waals surface area contributed by atoms with Gasteiger partial charge in [-0.2, -0.15) is 0 Å². The van der Waals surface area contributed by atoms with Gasteiger partial charge in [0, 0.05) is 17.0 Å². The van der Waals surface area contributed by atoms with Gasteiger partial charge in [0.25, 0.3) is 0 Å². The Balaban J connectivity index is 1.49. The Morgan fingerprint density at radius 3 is 2.62 bits per heavy atom. The van der Waals surface area contributed by atoms with Gasteiger partial charge in [0.05, 0.1) is 32.2 Å². The standard InChI is InChI=1S/C25H23NO5S/c1-29-20-12-15-9-10-26(24(22-8-5-11-32-22)18(15)13-21(20)30-2)23(27)14-19-16-6-3-4-7-17(16)25(28)31-19/h3-8,11-13,19,24H,9-10,14H2,1-2H3/t19-,24-/m0/s1. The molecule has 2 atom stereocenters. The van der Waals surface area contributed by atoms with Gasteiger partial charge in [0.15, 0.2) is 11.5 Å². The molecule has 5 rings (SSSR count). The number of methoxy groups -OCH3 is 2. The summed E-state index contributed by atoms with van der Waals surface area (Å²) < 4.78 is 16.6. The number of benzene rings is 2. The topological polar surface area (TPSA) is 65.1 Å². The predicted octanol–water partition coefficient (Wildman–Crippen LogP) is 4.54. The molecule has 164 valence electrons. The quantitative estimate of drug-likeness (QED) is 0.535. The number of fused-ring (bicyclic) bond motifs is 2. The lowest BCUT2D eigenvalue weighted by molar-refractivity contribution is -0.135. The summed E-state index contributed by atoms with van der Waals surface area (Å²) in [4.78, 5) is 28.7. The van der Waals surface area contributed by atoms with E-state index in [-0.39, 0.29) is 24.3 Å². The Hall–Kier alpha value is -3.32. The van der Waals surface area contributed by atoms with Crippen LogP contribution in [0.5, 0.6) is 11.5 Å². The van der Waals surface area contributed by atoms with E-state index >= 15 is 0 Å². The van der Waals surface area contributed by atoms with Crippen molar-refractivity contribution >= 4 is 23.2 Å². The van der Waals surface area contributed by atoms with Crippen LogP contribution in [0.3, 0.4) is 0 Å². The van der Waals surface area contributed by atoms with Crippen LogP contribution in [0.1, 0.15) is 50.5 Å². The number of thiophene rings is 1. The highest BCUT2D eigenvalue weighted by Gasteiger charge is 2.38. The van der Waals surface area contributed by atoms with Crippen LogP contribution < -0.4 is 9.47 Å². The molecule has 0 fully saturated rings. The minimum Gasteiger partial charge on any atom is -0.493 e. The second-order valence-electron chi connectivity index (χ2n) is 7.85. The molecule has 32 heavy (non-hydrogen) atoms. The fourth-order valence-electron chi connectivity index (χ4n) is 4.62. The zero-order valence-electron chi connectivity index (χ0n) is 17.9. The lowest BCUT2D eigenvalue weighted by Gasteiger charge is -2.38. The summed E-state index contributed by atoms with van der Waals surface area (Å²) in [7, 11) is 3.24. The molecule has 7 heteroatoms. The monoisotopic (exact) mass is 449 g/mol. The average molecular weight is 450 g/mol. The van der Waals surface area contributed by atoms with Crippen LogP contribution in [-0.2, 0) is 16.0 Å². The smallest absolute Gasteiger partial charge is 0.339 e. The molecule has 3 heterocycles. The first-order chi connectivity index (χ1) is 15.6. The minimum atomic E-state index is -0.554. The Morgan fingerprint density at radius 1 is 1.09 bits per heavy atom. The maximum atomic E-state index is 13.5. The van der Waals surface area contributed by atoms with Gasteiger partial charge in [-0.1, -0.05) is 24.3 Å². The number of carbonyl (C=O) groups is 2. The molecule has 0 N–H and O–H groups in total. The minimum absolute atomic E-state index is 0.0432. The lowest BCUT2D eigenvalue weighted by Crippen LogP contribution is -2.40. The number of ether oxygens (including phenoxy) is 3. The van der Waals surface area contributed by atoms with Crippen molar-refractivity contribution in [2.75, 3.05) is 20.8 Å². The van der Waals surface area contributed by atoms with E-state index in [2.05, 4.69) is 0 Å². The van der Waals surface area contributed by atoms with Crippen LogP contribution in [0, 0.1) is 0 Å². The first kappa shape index (κ1) is 20.6. The second-order valence-corrected chi connectivity index (χ2v) is 8.83. The van der Waals surface area contributed by atoms with E-state index in [0.29, 0.717) is 30.0 Å². The highest BCUT2D eigenvalue weighted by molar-refractivity contribution is 7.10. The van der Waals surface area contributed by atoms with Gasteiger partial charge >= 0.3 is 5.97 Å². The molecule has 0 unspecified atom stereocenters. The van der Waals surface area contributed by atoms with Crippen molar-refractivity contribution in [3.8, 4) is 11.5 Å². The Kier molecular flexibility index (Phi) is 5.35. The summed E-state index contributed by atoms with van der Waals surface area (Å²) in [5.74, 6) is 0.915. The molecule has 0 bridgehead atoms. The Morgan fingerprint density at radius 2 is 1.88 bits per heavy atom. The molecule has 0 saturated carbocycles. The zero-order valence-corrected chi connectivity index (χ0v) is 18.7. The van der Waals surface area contributed by atoms with Crippen molar-refractivity contribution in [2.24, 2.45) is 0 Å². The largest absolute Gasteiger partial charge is 0.493 e. The summed E-state index contributed by atoms with van der Waals surface area (Å²) >= 11 is 1.62. The fourth-order valence-corrected chi connectivity index (χ4v) is 5.47. The molecule has 1 aromatic heterocycles. The molecule has 0 spiro atoms. The normalized spacial score (nSPS) is 19.2. The summed E-state index contributed by atoms with van der Waals surface area (Å²) in [5, 5.41) is 2.02. The van der Waals surface area contributed by atoms with E-state index in [1.165, 1.54) is 0 Å². The van der Waals surface area contributed by atoms with Gasteiger partial charge in [-0.05, 0) is 47.2 Å². The number of carbonyl (C=O) groups excluding carboxylic acids is 2. The lowest BCUT2D eigenvalue weighted by atomic mass is 9.90. The number of cyclic esters (lactones) is 1. The molecule has 6 nitrogen and oxygen atoms in total. The maximum Gasteiger partial charge on any atom is 0.339 e. The van der Waals surface area contributed by atoms with Crippen LogP contribution >= 0.6 is 11.3 Å². The van der Waals surface area contributed by atoms with Crippen LogP contribution in [0.2, 0.25) is 0 Å². The van der Waals surface area contributed by atoms with Crippen LogP contribution in [-0.4, -0.2) is 37.5 Å². The molecule has 0 saturated heterocycles. The number of hydrogen-bond acceptors (Lipinski definition) is 6. The molecular formula is C25H23NO5S. The van der Waals surface area contributed by atoms with Gasteiger partial charge in [-0.15, -0.1) is 11.3 Å². The van der Waals surface area contributed by atoms with Crippen molar-refractivity contribution in [1.82, 2.24) is 4.90 Å².